The van der Waals surface area contributed by atoms with Crippen molar-refractivity contribution < 1.29 is 0 Å². The molecule has 132 valence electrons. The normalized spacial score (nSPS) is 10.7. The lowest BCUT2D eigenvalue weighted by Crippen LogP contribution is -2.06. The van der Waals surface area contributed by atoms with Crippen LogP contribution in [0, 0.1) is 0 Å². The number of aromatic nitrogens is 3. The molecule has 0 fully saturated rings. The molecule has 6 nitrogen and oxygen atoms in total. The lowest BCUT2D eigenvalue weighted by Gasteiger charge is -2.13. The summed E-state index contributed by atoms with van der Waals surface area (Å²) in [5, 5.41) is 4.82. The van der Waals surface area contributed by atoms with Crippen LogP contribution in [0.15, 0.2) is 69.9 Å². The molecule has 0 aliphatic heterocycles. The third-order valence-electron chi connectivity index (χ3n) is 3.87. The molecule has 3 rings (SSSR count). The van der Waals surface area contributed by atoms with Crippen molar-refractivity contribution >= 4 is 11.8 Å². The minimum Gasteiger partial charge on any atom is -0.318 e. The summed E-state index contributed by atoms with van der Waals surface area (Å²) in [5.74, 6) is 1.04. The Bertz CT molecular complexity index is 899. The van der Waals surface area contributed by atoms with Crippen molar-refractivity contribution in [2.24, 2.45) is 5.11 Å². The van der Waals surface area contributed by atoms with Crippen molar-refractivity contribution in [1.82, 2.24) is 14.5 Å². The second-order valence-corrected chi connectivity index (χ2v) is 7.19. The first-order valence-corrected chi connectivity index (χ1v) is 9.22. The van der Waals surface area contributed by atoms with E-state index in [2.05, 4.69) is 45.6 Å². The van der Waals surface area contributed by atoms with Crippen molar-refractivity contribution in [3.8, 4) is 0 Å². The van der Waals surface area contributed by atoms with E-state index in [4.69, 9.17) is 10.5 Å². The predicted molar refractivity (Wildman–Crippen MR) is 103 cm³/mol. The first-order chi connectivity index (χ1) is 12.7. The third-order valence-corrected chi connectivity index (χ3v) is 5.00. The summed E-state index contributed by atoms with van der Waals surface area (Å²) in [5.41, 5.74) is 10.8. The zero-order valence-electron chi connectivity index (χ0n) is 14.8. The molecule has 0 atom stereocenters. The lowest BCUT2D eigenvalue weighted by molar-refractivity contribution is 0.666. The number of rotatable bonds is 7. The van der Waals surface area contributed by atoms with Gasteiger partial charge in [0.25, 0.3) is 0 Å². The van der Waals surface area contributed by atoms with Crippen LogP contribution in [0.3, 0.4) is 0 Å². The molecule has 26 heavy (non-hydrogen) atoms. The number of hydrogen-bond donors (Lipinski definition) is 0. The molecule has 0 bridgehead atoms. The van der Waals surface area contributed by atoms with E-state index in [1.54, 1.807) is 18.0 Å². The number of imidazole rings is 1. The molecule has 0 amide bonds. The maximum Gasteiger partial charge on any atom is 0.116 e. The van der Waals surface area contributed by atoms with Gasteiger partial charge in [-0.05, 0) is 35.2 Å². The van der Waals surface area contributed by atoms with Gasteiger partial charge in [0.1, 0.15) is 10.9 Å². The molecule has 0 radical (unpaired) electrons. The van der Waals surface area contributed by atoms with E-state index in [1.807, 2.05) is 36.5 Å². The molecule has 0 unspecified atom stereocenters. The average Bonchev–Trinajstić information content (AvgIpc) is 2.99. The van der Waals surface area contributed by atoms with Gasteiger partial charge in [0.15, 0.2) is 0 Å². The van der Waals surface area contributed by atoms with Crippen molar-refractivity contribution in [3.05, 3.63) is 82.4 Å². The van der Waals surface area contributed by atoms with Crippen molar-refractivity contribution in [3.63, 3.8) is 0 Å². The summed E-state index contributed by atoms with van der Waals surface area (Å²) in [6.45, 7) is 5.12. The fraction of sp³-hybridized carbons (Fsp3) is 0.263. The summed E-state index contributed by atoms with van der Waals surface area (Å²) in [4.78, 5) is 13.1. The number of nitrogens with zero attached hydrogens (tertiary/aromatic N) is 6. The van der Waals surface area contributed by atoms with E-state index in [9.17, 15) is 0 Å². The monoisotopic (exact) mass is 364 g/mol. The van der Waals surface area contributed by atoms with Crippen LogP contribution in [0.25, 0.3) is 10.4 Å². The summed E-state index contributed by atoms with van der Waals surface area (Å²) in [6, 6.07) is 14.2. The quantitative estimate of drug-likeness (QED) is 0.319. The van der Waals surface area contributed by atoms with Crippen LogP contribution in [0.4, 0.5) is 0 Å². The van der Waals surface area contributed by atoms with Gasteiger partial charge in [-0.15, -0.1) is 0 Å². The van der Waals surface area contributed by atoms with E-state index in [0.29, 0.717) is 6.54 Å². The van der Waals surface area contributed by atoms with E-state index in [1.165, 1.54) is 0 Å². The van der Waals surface area contributed by atoms with Gasteiger partial charge in [-0.1, -0.05) is 55.0 Å². The second-order valence-electron chi connectivity index (χ2n) is 6.12. The fourth-order valence-electron chi connectivity index (χ4n) is 2.64. The highest BCUT2D eigenvalue weighted by Gasteiger charge is 2.20. The third kappa shape index (κ3) is 4.25. The average molecular weight is 364 g/mol. The molecular formula is C19H20N6S. The van der Waals surface area contributed by atoms with Gasteiger partial charge < -0.3 is 4.57 Å². The Morgan fingerprint density at radius 1 is 1.19 bits per heavy atom. The Morgan fingerprint density at radius 3 is 2.65 bits per heavy atom. The summed E-state index contributed by atoms with van der Waals surface area (Å²) in [7, 11) is 0. The van der Waals surface area contributed by atoms with Gasteiger partial charge >= 0.3 is 0 Å². The molecule has 3 aromatic rings. The molecule has 0 saturated heterocycles. The van der Waals surface area contributed by atoms with Crippen molar-refractivity contribution in [2.45, 2.75) is 42.8 Å². The van der Waals surface area contributed by atoms with Gasteiger partial charge in [0.2, 0.25) is 0 Å². The standard InChI is InChI=1S/C19H20N6S/c1-14(2)18-19(26-16-8-4-3-5-9-16)25(17(23-18)12-22-24-20)13-15-7-6-10-21-11-15/h3-11,14H,12-13H2,1-2H3. The Labute approximate surface area is 156 Å². The number of azide groups is 1. The van der Waals surface area contributed by atoms with Crippen molar-refractivity contribution in [1.29, 1.82) is 0 Å². The molecule has 0 spiro atoms. The molecular weight excluding hydrogens is 344 g/mol. The molecule has 2 heterocycles. The molecule has 0 aliphatic carbocycles. The molecule has 0 saturated carbocycles. The smallest absolute Gasteiger partial charge is 0.116 e. The highest BCUT2D eigenvalue weighted by Crippen LogP contribution is 2.35. The van der Waals surface area contributed by atoms with Crippen LogP contribution in [0.2, 0.25) is 0 Å². The Balaban J connectivity index is 2.08. The van der Waals surface area contributed by atoms with Crippen LogP contribution in [-0.4, -0.2) is 14.5 Å². The van der Waals surface area contributed by atoms with Crippen LogP contribution < -0.4 is 0 Å². The number of hydrogen-bond acceptors (Lipinski definition) is 4. The van der Waals surface area contributed by atoms with Gasteiger partial charge in [-0.3, -0.25) is 4.98 Å². The SMILES string of the molecule is CC(C)c1nc(CN=[N+]=[N-])n(Cc2cccnc2)c1Sc1ccccc1. The van der Waals surface area contributed by atoms with E-state index < -0.39 is 0 Å². The molecule has 0 aliphatic rings. The minimum absolute atomic E-state index is 0.228. The molecule has 7 heteroatoms. The maximum absolute atomic E-state index is 8.73. The summed E-state index contributed by atoms with van der Waals surface area (Å²) in [6.07, 6.45) is 3.61. The molecule has 2 aromatic heterocycles. The van der Waals surface area contributed by atoms with E-state index in [-0.39, 0.29) is 12.5 Å². The Hall–Kier alpha value is -2.76. The number of benzene rings is 1. The molecule has 0 N–H and O–H groups in total. The fourth-order valence-corrected chi connectivity index (χ4v) is 3.82. The second kappa shape index (κ2) is 8.56. The largest absolute Gasteiger partial charge is 0.318 e. The topological polar surface area (TPSA) is 79.5 Å². The van der Waals surface area contributed by atoms with Gasteiger partial charge in [0.05, 0.1) is 18.8 Å². The zero-order chi connectivity index (χ0) is 18.4. The zero-order valence-corrected chi connectivity index (χ0v) is 15.6. The van der Waals surface area contributed by atoms with E-state index in [0.717, 1.165) is 27.0 Å². The Morgan fingerprint density at radius 2 is 2.00 bits per heavy atom. The van der Waals surface area contributed by atoms with Crippen LogP contribution in [0.5, 0.6) is 0 Å². The number of pyridine rings is 1. The summed E-state index contributed by atoms with van der Waals surface area (Å²) >= 11 is 1.69. The van der Waals surface area contributed by atoms with Crippen LogP contribution >= 0.6 is 11.8 Å². The highest BCUT2D eigenvalue weighted by molar-refractivity contribution is 7.99. The van der Waals surface area contributed by atoms with Crippen LogP contribution in [-0.2, 0) is 13.1 Å². The lowest BCUT2D eigenvalue weighted by atomic mass is 10.1. The highest BCUT2D eigenvalue weighted by atomic mass is 32.2. The van der Waals surface area contributed by atoms with Gasteiger partial charge in [-0.2, -0.15) is 0 Å². The Kier molecular flexibility index (Phi) is 5.94. The van der Waals surface area contributed by atoms with Gasteiger partial charge in [0, 0.05) is 22.2 Å². The first kappa shape index (κ1) is 18.0. The van der Waals surface area contributed by atoms with Gasteiger partial charge in [-0.25, -0.2) is 4.98 Å². The van der Waals surface area contributed by atoms with E-state index >= 15 is 0 Å². The minimum atomic E-state index is 0.228. The maximum atomic E-state index is 8.73. The molecule has 1 aromatic carbocycles. The van der Waals surface area contributed by atoms with Crippen molar-refractivity contribution in [2.75, 3.05) is 0 Å². The van der Waals surface area contributed by atoms with Crippen LogP contribution in [0.1, 0.15) is 36.8 Å². The predicted octanol–water partition coefficient (Wildman–Crippen LogP) is 5.41. The first-order valence-electron chi connectivity index (χ1n) is 8.41. The summed E-state index contributed by atoms with van der Waals surface area (Å²) < 4.78 is 2.14.